The molecule has 3 aromatic rings. The number of benzene rings is 3. The zero-order valence-electron chi connectivity index (χ0n) is 13.8. The summed E-state index contributed by atoms with van der Waals surface area (Å²) in [6.07, 6.45) is 0. The molecule has 0 amide bonds. The van der Waals surface area contributed by atoms with Crippen LogP contribution < -0.4 is 36.4 Å². The van der Waals surface area contributed by atoms with Gasteiger partial charge in [0.05, 0.1) is 0 Å². The fourth-order valence-electron chi connectivity index (χ4n) is 2.58. The summed E-state index contributed by atoms with van der Waals surface area (Å²) in [6.45, 7) is 0. The van der Waals surface area contributed by atoms with Crippen LogP contribution in [0.15, 0.2) is 91.0 Å². The van der Waals surface area contributed by atoms with Gasteiger partial charge in [-0.2, -0.15) is 0 Å². The third-order valence-electron chi connectivity index (χ3n) is 3.64. The van der Waals surface area contributed by atoms with Crippen LogP contribution in [0.2, 0.25) is 0 Å². The van der Waals surface area contributed by atoms with Gasteiger partial charge in [0.25, 0.3) is 0 Å². The van der Waals surface area contributed by atoms with E-state index in [4.69, 9.17) is 0 Å². The second-order valence-electron chi connectivity index (χ2n) is 5.50. The van der Waals surface area contributed by atoms with E-state index in [1.54, 1.807) is 0 Å². The SMILES string of the molecule is [Cl-].[Fe+3].[I-].c1ccc(C[S+](Cc2ccccc2)Cc2ccccc2)cc1. The van der Waals surface area contributed by atoms with Crippen molar-refractivity contribution in [1.29, 1.82) is 0 Å². The van der Waals surface area contributed by atoms with Gasteiger partial charge in [0.2, 0.25) is 0 Å². The van der Waals surface area contributed by atoms with Crippen molar-refractivity contribution in [1.82, 2.24) is 0 Å². The standard InChI is InChI=1S/C21H21S.ClH.Fe.HI/c1-4-10-19(11-5-1)16-22(17-20-12-6-2-7-13-20)18-21-14-8-3-9-15-21;;;/h1-15H,16-18H2;1H;;1H/q+1;;+3;/p-2. The molecule has 0 saturated carbocycles. The Balaban J connectivity index is 0.00000192. The molecule has 0 aliphatic carbocycles. The summed E-state index contributed by atoms with van der Waals surface area (Å²) in [4.78, 5) is 0. The molecule has 0 bridgehead atoms. The zero-order valence-corrected chi connectivity index (χ0v) is 18.6. The van der Waals surface area contributed by atoms with Crippen LogP contribution in [0.4, 0.5) is 0 Å². The molecule has 3 rings (SSSR count). The van der Waals surface area contributed by atoms with E-state index in [0.717, 1.165) is 17.3 Å². The predicted molar refractivity (Wildman–Crippen MR) is 97.8 cm³/mol. The molecule has 0 fully saturated rings. The topological polar surface area (TPSA) is 0 Å². The molecule has 0 spiro atoms. The quantitative estimate of drug-likeness (QED) is 0.226. The fraction of sp³-hybridized carbons (Fsp3) is 0.143. The second-order valence-corrected chi connectivity index (χ2v) is 7.59. The van der Waals surface area contributed by atoms with Crippen molar-refractivity contribution in [3.05, 3.63) is 108 Å². The van der Waals surface area contributed by atoms with E-state index in [1.807, 2.05) is 0 Å². The number of hydrogen-bond donors (Lipinski definition) is 0. The Bertz CT molecular complexity index is 581. The molecule has 0 N–H and O–H groups in total. The van der Waals surface area contributed by atoms with Gasteiger partial charge in [0, 0.05) is 27.6 Å². The molecule has 0 aliphatic rings. The molecule has 25 heavy (non-hydrogen) atoms. The smallest absolute Gasteiger partial charge is 1.00 e. The van der Waals surface area contributed by atoms with Crippen molar-refractivity contribution in [3.63, 3.8) is 0 Å². The molecule has 4 heteroatoms. The van der Waals surface area contributed by atoms with Gasteiger partial charge in [-0.1, -0.05) is 91.0 Å². The molecule has 0 aromatic heterocycles. The van der Waals surface area contributed by atoms with Crippen LogP contribution in [0.5, 0.6) is 0 Å². The molecule has 1 radical (unpaired) electrons. The third kappa shape index (κ3) is 8.65. The largest absolute Gasteiger partial charge is 3.00 e. The maximum atomic E-state index is 2.25. The van der Waals surface area contributed by atoms with E-state index in [-0.39, 0.29) is 53.5 Å². The molecular formula is C21H21ClFeIS+2. The number of halogens is 2. The molecule has 131 valence electrons. The van der Waals surface area contributed by atoms with Crippen molar-refractivity contribution < 1.29 is 53.5 Å². The molecule has 0 atom stereocenters. The van der Waals surface area contributed by atoms with Gasteiger partial charge in [-0.3, -0.25) is 0 Å². The summed E-state index contributed by atoms with van der Waals surface area (Å²) >= 11 is 0. The molecule has 3 aromatic carbocycles. The van der Waals surface area contributed by atoms with E-state index in [0.29, 0.717) is 10.9 Å². The van der Waals surface area contributed by atoms with E-state index in [2.05, 4.69) is 91.0 Å². The third-order valence-corrected chi connectivity index (χ3v) is 5.87. The molecule has 0 nitrogen and oxygen atoms in total. The van der Waals surface area contributed by atoms with Crippen molar-refractivity contribution in [2.24, 2.45) is 0 Å². The molecular weight excluding hydrogens is 503 g/mol. The van der Waals surface area contributed by atoms with Crippen LogP contribution in [-0.2, 0) is 45.2 Å². The van der Waals surface area contributed by atoms with Crippen LogP contribution in [0.25, 0.3) is 0 Å². The van der Waals surface area contributed by atoms with Crippen molar-refractivity contribution in [3.8, 4) is 0 Å². The van der Waals surface area contributed by atoms with Gasteiger partial charge in [0.15, 0.2) is 0 Å². The van der Waals surface area contributed by atoms with E-state index in [1.165, 1.54) is 16.7 Å². The minimum absolute atomic E-state index is 0. The second kappa shape index (κ2) is 13.7. The van der Waals surface area contributed by atoms with Gasteiger partial charge in [0.1, 0.15) is 17.3 Å². The van der Waals surface area contributed by atoms with Crippen molar-refractivity contribution in [2.45, 2.75) is 17.3 Å². The van der Waals surface area contributed by atoms with Crippen LogP contribution >= 0.6 is 0 Å². The zero-order chi connectivity index (χ0) is 15.0. The summed E-state index contributed by atoms with van der Waals surface area (Å²) < 4.78 is 0. The van der Waals surface area contributed by atoms with E-state index in [9.17, 15) is 0 Å². The molecule has 0 unspecified atom stereocenters. The first-order valence-corrected chi connectivity index (χ1v) is 9.39. The first-order valence-electron chi connectivity index (χ1n) is 7.66. The Morgan fingerprint density at radius 1 is 0.480 bits per heavy atom. The maximum absolute atomic E-state index is 2.25. The van der Waals surface area contributed by atoms with Crippen molar-refractivity contribution in [2.75, 3.05) is 0 Å². The van der Waals surface area contributed by atoms with Crippen LogP contribution in [0, 0.1) is 0 Å². The average molecular weight is 524 g/mol. The Hall–Kier alpha value is -0.451. The number of rotatable bonds is 6. The van der Waals surface area contributed by atoms with Crippen LogP contribution in [-0.4, -0.2) is 0 Å². The van der Waals surface area contributed by atoms with E-state index >= 15 is 0 Å². The van der Waals surface area contributed by atoms with Crippen molar-refractivity contribution >= 4 is 10.9 Å². The summed E-state index contributed by atoms with van der Waals surface area (Å²) in [7, 11) is 0.323. The van der Waals surface area contributed by atoms with E-state index < -0.39 is 0 Å². The molecule has 0 heterocycles. The Labute approximate surface area is 188 Å². The Kier molecular flexibility index (Phi) is 13.5. The maximum Gasteiger partial charge on any atom is 3.00 e. The first kappa shape index (κ1) is 24.5. The Morgan fingerprint density at radius 3 is 0.960 bits per heavy atom. The summed E-state index contributed by atoms with van der Waals surface area (Å²) in [5, 5.41) is 0. The van der Waals surface area contributed by atoms with Gasteiger partial charge in [-0.05, 0) is 0 Å². The van der Waals surface area contributed by atoms with Gasteiger partial charge in [-0.15, -0.1) is 0 Å². The monoisotopic (exact) mass is 523 g/mol. The fourth-order valence-corrected chi connectivity index (χ4v) is 4.88. The Morgan fingerprint density at radius 2 is 0.720 bits per heavy atom. The molecule has 0 aliphatic heterocycles. The minimum atomic E-state index is 0. The normalized spacial score (nSPS) is 9.48. The number of hydrogen-bond acceptors (Lipinski definition) is 0. The summed E-state index contributed by atoms with van der Waals surface area (Å²) in [5.41, 5.74) is 4.33. The average Bonchev–Trinajstić information content (AvgIpc) is 2.57. The van der Waals surface area contributed by atoms with Gasteiger partial charge in [-0.25, -0.2) is 0 Å². The minimum Gasteiger partial charge on any atom is -1.00 e. The van der Waals surface area contributed by atoms with Gasteiger partial charge < -0.3 is 36.4 Å². The van der Waals surface area contributed by atoms with Gasteiger partial charge >= 0.3 is 17.1 Å². The first-order chi connectivity index (χ1) is 10.9. The van der Waals surface area contributed by atoms with Crippen LogP contribution in [0.1, 0.15) is 16.7 Å². The summed E-state index contributed by atoms with van der Waals surface area (Å²) in [5.74, 6) is 3.47. The summed E-state index contributed by atoms with van der Waals surface area (Å²) in [6, 6.07) is 32.6. The van der Waals surface area contributed by atoms with Crippen LogP contribution in [0.3, 0.4) is 0 Å². The molecule has 0 saturated heterocycles. The predicted octanol–water partition coefficient (Wildman–Crippen LogP) is -0.789.